The van der Waals surface area contributed by atoms with Gasteiger partial charge in [0, 0.05) is 10.5 Å². The zero-order valence-corrected chi connectivity index (χ0v) is 21.0. The third-order valence-electron chi connectivity index (χ3n) is 6.11. The van der Waals surface area contributed by atoms with Crippen LogP contribution in [0.1, 0.15) is 35.7 Å². The topological polar surface area (TPSA) is 20.3 Å². The first-order valence-corrected chi connectivity index (χ1v) is 12.8. The second-order valence-corrected chi connectivity index (χ2v) is 9.91. The Morgan fingerprint density at radius 1 is 0.906 bits per heavy atom. The van der Waals surface area contributed by atoms with E-state index in [1.165, 1.54) is 16.0 Å². The molecule has 3 aromatic rings. The zero-order chi connectivity index (χ0) is 23.0. The van der Waals surface area contributed by atoms with E-state index in [1.54, 1.807) is 0 Å². The maximum Gasteiger partial charge on any atom is 0.183 e. The minimum atomic E-state index is -0.561. The normalized spacial score (nSPS) is 13.2. The van der Waals surface area contributed by atoms with E-state index >= 15 is 0 Å². The van der Waals surface area contributed by atoms with Crippen molar-refractivity contribution in [2.75, 3.05) is 25.6 Å². The Morgan fingerprint density at radius 2 is 1.50 bits per heavy atom. The molecule has 1 atom stereocenters. The number of Topliss-reactive ketones (excluding diaryl/α,β-unsaturated/α-hetero) is 1. The highest BCUT2D eigenvalue weighted by molar-refractivity contribution is 7.99. The van der Waals surface area contributed by atoms with Crippen molar-refractivity contribution in [1.29, 1.82) is 0 Å². The number of carbonyl (C=O) groups excluding carboxylic acids is 1. The zero-order valence-electron chi connectivity index (χ0n) is 19.3. The monoisotopic (exact) mass is 463 g/mol. The number of nitrogens with zero attached hydrogens (tertiary/aromatic N) is 1. The van der Waals surface area contributed by atoms with E-state index in [2.05, 4.69) is 73.0 Å². The van der Waals surface area contributed by atoms with E-state index in [0.717, 1.165) is 35.5 Å². The summed E-state index contributed by atoms with van der Waals surface area (Å²) in [5.74, 6) is 2.19. The van der Waals surface area contributed by atoms with Crippen molar-refractivity contribution in [3.05, 3.63) is 90.0 Å². The van der Waals surface area contributed by atoms with Gasteiger partial charge in [-0.05, 0) is 73.7 Å². The second-order valence-electron chi connectivity index (χ2n) is 8.30. The molecule has 0 amide bonds. The maximum absolute atomic E-state index is 13.7. The molecular weight excluding hydrogens is 430 g/mol. The molecule has 0 radical (unpaired) electrons. The molecule has 4 heteroatoms. The summed E-state index contributed by atoms with van der Waals surface area (Å²) in [6, 6.07) is 27.0. The maximum atomic E-state index is 13.7. The molecule has 0 fully saturated rings. The van der Waals surface area contributed by atoms with Gasteiger partial charge in [-0.2, -0.15) is 12.6 Å². The average Bonchev–Trinajstić information content (AvgIpc) is 2.83. The summed E-state index contributed by atoms with van der Waals surface area (Å²) in [4.78, 5) is 17.1. The number of benzene rings is 3. The molecule has 0 aliphatic heterocycles. The Labute approximate surface area is 202 Å². The molecule has 0 aliphatic rings. The van der Waals surface area contributed by atoms with E-state index in [1.807, 2.05) is 56.2 Å². The first-order valence-electron chi connectivity index (χ1n) is 11.2. The molecule has 1 unspecified atom stereocenters. The van der Waals surface area contributed by atoms with Gasteiger partial charge in [-0.15, -0.1) is 11.8 Å². The fourth-order valence-corrected chi connectivity index (χ4v) is 5.28. The van der Waals surface area contributed by atoms with E-state index in [-0.39, 0.29) is 5.78 Å². The minimum absolute atomic E-state index is 0.177. The SMILES string of the molecule is CCC(Cc1ccccc1)(C(=O)c1ccc(-c2ccc(SCCCS)cc2)cc1)N(C)C. The lowest BCUT2D eigenvalue weighted by molar-refractivity contribution is 0.0666. The van der Waals surface area contributed by atoms with Crippen molar-refractivity contribution in [2.45, 2.75) is 36.6 Å². The highest BCUT2D eigenvalue weighted by Crippen LogP contribution is 2.30. The number of thiol groups is 1. The lowest BCUT2D eigenvalue weighted by Crippen LogP contribution is -2.52. The molecular formula is C28H33NOS2. The van der Waals surface area contributed by atoms with Gasteiger partial charge in [0.2, 0.25) is 0 Å². The number of hydrogen-bond acceptors (Lipinski definition) is 4. The van der Waals surface area contributed by atoms with Gasteiger partial charge in [-0.25, -0.2) is 0 Å². The van der Waals surface area contributed by atoms with Gasteiger partial charge < -0.3 is 0 Å². The molecule has 0 aromatic heterocycles. The van der Waals surface area contributed by atoms with Crippen molar-refractivity contribution in [3.63, 3.8) is 0 Å². The lowest BCUT2D eigenvalue weighted by atomic mass is 9.80. The van der Waals surface area contributed by atoms with Crippen LogP contribution in [0.5, 0.6) is 0 Å². The smallest absolute Gasteiger partial charge is 0.183 e. The highest BCUT2D eigenvalue weighted by Gasteiger charge is 2.39. The molecule has 0 bridgehead atoms. The van der Waals surface area contributed by atoms with E-state index < -0.39 is 5.54 Å². The third-order valence-corrected chi connectivity index (χ3v) is 7.52. The molecule has 0 spiro atoms. The van der Waals surface area contributed by atoms with Crippen LogP contribution >= 0.6 is 24.4 Å². The van der Waals surface area contributed by atoms with E-state index in [4.69, 9.17) is 0 Å². The number of thioether (sulfide) groups is 1. The standard InChI is InChI=1S/C28H33NOS2/c1-4-28(29(2)3,21-22-9-6-5-7-10-22)27(30)25-13-11-23(12-14-25)24-15-17-26(18-16-24)32-20-8-19-31/h5-7,9-18,31H,4,8,19-21H2,1-3H3. The second kappa shape index (κ2) is 11.7. The molecule has 0 saturated heterocycles. The molecule has 0 saturated carbocycles. The van der Waals surface area contributed by atoms with Crippen molar-refractivity contribution in [1.82, 2.24) is 4.90 Å². The van der Waals surface area contributed by atoms with Crippen LogP contribution in [-0.2, 0) is 6.42 Å². The molecule has 0 N–H and O–H groups in total. The first-order chi connectivity index (χ1) is 15.5. The predicted molar refractivity (Wildman–Crippen MR) is 142 cm³/mol. The summed E-state index contributed by atoms with van der Waals surface area (Å²) in [5, 5.41) is 0. The number of carbonyl (C=O) groups is 1. The quantitative estimate of drug-likeness (QED) is 0.145. The van der Waals surface area contributed by atoms with Gasteiger partial charge in [0.25, 0.3) is 0 Å². The van der Waals surface area contributed by atoms with Crippen molar-refractivity contribution < 1.29 is 4.79 Å². The molecule has 32 heavy (non-hydrogen) atoms. The van der Waals surface area contributed by atoms with Gasteiger partial charge in [-0.3, -0.25) is 9.69 Å². The Hall–Kier alpha value is -2.01. The summed E-state index contributed by atoms with van der Waals surface area (Å²) < 4.78 is 0. The Kier molecular flexibility index (Phi) is 9.03. The van der Waals surface area contributed by atoms with Crippen LogP contribution < -0.4 is 0 Å². The highest BCUT2D eigenvalue weighted by atomic mass is 32.2. The van der Waals surface area contributed by atoms with Crippen LogP contribution in [0.25, 0.3) is 11.1 Å². The predicted octanol–water partition coefficient (Wildman–Crippen LogP) is 6.90. The largest absolute Gasteiger partial charge is 0.297 e. The van der Waals surface area contributed by atoms with E-state index in [9.17, 15) is 4.79 Å². The Balaban J connectivity index is 1.79. The Bertz CT molecular complexity index is 984. The average molecular weight is 464 g/mol. The van der Waals surface area contributed by atoms with Crippen LogP contribution in [0.15, 0.2) is 83.8 Å². The number of ketones is 1. The summed E-state index contributed by atoms with van der Waals surface area (Å²) >= 11 is 6.14. The van der Waals surface area contributed by atoms with Gasteiger partial charge in [0.05, 0.1) is 5.54 Å². The van der Waals surface area contributed by atoms with Crippen molar-refractivity contribution >= 4 is 30.2 Å². The van der Waals surface area contributed by atoms with Gasteiger partial charge in [0.1, 0.15) is 0 Å². The molecule has 0 heterocycles. The molecule has 2 nitrogen and oxygen atoms in total. The number of likely N-dealkylation sites (N-methyl/N-ethyl adjacent to an activating group) is 1. The van der Waals surface area contributed by atoms with Gasteiger partial charge >= 0.3 is 0 Å². The van der Waals surface area contributed by atoms with Crippen LogP contribution in [0.3, 0.4) is 0 Å². The summed E-state index contributed by atoms with van der Waals surface area (Å²) in [7, 11) is 4.02. The van der Waals surface area contributed by atoms with Gasteiger partial charge in [-0.1, -0.05) is 73.7 Å². The molecule has 3 aromatic carbocycles. The summed E-state index contributed by atoms with van der Waals surface area (Å²) in [5.41, 5.74) is 3.68. The van der Waals surface area contributed by atoms with Crippen LogP contribution in [0, 0.1) is 0 Å². The van der Waals surface area contributed by atoms with Crippen molar-refractivity contribution in [3.8, 4) is 11.1 Å². The summed E-state index contributed by atoms with van der Waals surface area (Å²) in [6.07, 6.45) is 2.56. The Morgan fingerprint density at radius 3 is 2.03 bits per heavy atom. The lowest BCUT2D eigenvalue weighted by Gasteiger charge is -2.38. The van der Waals surface area contributed by atoms with Crippen LogP contribution in [0.4, 0.5) is 0 Å². The number of rotatable bonds is 11. The van der Waals surface area contributed by atoms with E-state index in [0.29, 0.717) is 6.42 Å². The fourth-order valence-electron chi connectivity index (χ4n) is 4.06. The minimum Gasteiger partial charge on any atom is -0.297 e. The fraction of sp³-hybridized carbons (Fsp3) is 0.321. The van der Waals surface area contributed by atoms with Crippen LogP contribution in [0.2, 0.25) is 0 Å². The third kappa shape index (κ3) is 5.86. The summed E-state index contributed by atoms with van der Waals surface area (Å²) in [6.45, 7) is 2.10. The van der Waals surface area contributed by atoms with Crippen molar-refractivity contribution in [2.24, 2.45) is 0 Å². The van der Waals surface area contributed by atoms with Crippen LogP contribution in [-0.4, -0.2) is 41.8 Å². The number of hydrogen-bond donors (Lipinski definition) is 1. The molecule has 0 aliphatic carbocycles. The molecule has 3 rings (SSSR count). The first kappa shape index (κ1) is 24.6. The molecule has 168 valence electrons. The van der Waals surface area contributed by atoms with Gasteiger partial charge in [0.15, 0.2) is 5.78 Å².